The maximum Gasteiger partial charge on any atom is 0.269 e. The molecule has 0 spiro atoms. The number of hydrogen-bond acceptors (Lipinski definition) is 7. The minimum absolute atomic E-state index is 0.00209. The molecular weight excluding hydrogens is 384 g/mol. The number of nitro benzene ring substituents is 1. The molecule has 0 saturated carbocycles. The Labute approximate surface area is 164 Å². The molecular formula is C18H15ClN6O3. The highest BCUT2D eigenvalue weighted by molar-refractivity contribution is 6.31. The Morgan fingerprint density at radius 1 is 1.29 bits per heavy atom. The van der Waals surface area contributed by atoms with Crippen molar-refractivity contribution in [2.75, 3.05) is 6.54 Å². The lowest BCUT2D eigenvalue weighted by Crippen LogP contribution is -2.35. The van der Waals surface area contributed by atoms with E-state index in [1.165, 1.54) is 24.5 Å². The van der Waals surface area contributed by atoms with Crippen LogP contribution in [0, 0.1) is 10.1 Å². The Morgan fingerprint density at radius 3 is 2.82 bits per heavy atom. The van der Waals surface area contributed by atoms with Crippen molar-refractivity contribution in [1.29, 1.82) is 0 Å². The Bertz CT molecular complexity index is 1100. The van der Waals surface area contributed by atoms with E-state index in [4.69, 9.17) is 11.6 Å². The lowest BCUT2D eigenvalue weighted by atomic mass is 10.0. The third-order valence-corrected chi connectivity index (χ3v) is 4.99. The van der Waals surface area contributed by atoms with Crippen LogP contribution in [0.2, 0.25) is 5.02 Å². The SMILES string of the molecule is O=c1[nH]c(-c2cncnc2)nc2c1CCN(Cc1cc([N+](=O)[O-])ccc1Cl)C2. The average molecular weight is 399 g/mol. The summed E-state index contributed by atoms with van der Waals surface area (Å²) in [5.74, 6) is 0.416. The number of nitro groups is 1. The van der Waals surface area contributed by atoms with E-state index in [9.17, 15) is 14.9 Å². The minimum atomic E-state index is -0.444. The molecule has 10 heteroatoms. The monoisotopic (exact) mass is 398 g/mol. The summed E-state index contributed by atoms with van der Waals surface area (Å²) in [7, 11) is 0. The predicted molar refractivity (Wildman–Crippen MR) is 102 cm³/mol. The van der Waals surface area contributed by atoms with E-state index in [0.29, 0.717) is 59.3 Å². The number of aromatic nitrogens is 4. The molecule has 28 heavy (non-hydrogen) atoms. The highest BCUT2D eigenvalue weighted by atomic mass is 35.5. The van der Waals surface area contributed by atoms with Crippen molar-refractivity contribution < 1.29 is 4.92 Å². The summed E-state index contributed by atoms with van der Waals surface area (Å²) in [5, 5.41) is 11.5. The van der Waals surface area contributed by atoms with E-state index >= 15 is 0 Å². The molecule has 3 heterocycles. The fourth-order valence-corrected chi connectivity index (χ4v) is 3.40. The summed E-state index contributed by atoms with van der Waals surface area (Å²) in [5.41, 5.74) is 2.45. The largest absolute Gasteiger partial charge is 0.306 e. The molecule has 0 fully saturated rings. The Balaban J connectivity index is 1.61. The second-order valence-electron chi connectivity index (χ2n) is 6.46. The maximum absolute atomic E-state index is 12.4. The van der Waals surface area contributed by atoms with Gasteiger partial charge in [0.2, 0.25) is 0 Å². The van der Waals surface area contributed by atoms with Crippen LogP contribution in [-0.2, 0) is 19.5 Å². The summed E-state index contributed by atoms with van der Waals surface area (Å²) in [6.45, 7) is 1.50. The number of H-pyrrole nitrogens is 1. The summed E-state index contributed by atoms with van der Waals surface area (Å²) in [4.78, 5) is 40.4. The van der Waals surface area contributed by atoms with Gasteiger partial charge in [0.05, 0.1) is 16.2 Å². The number of aromatic amines is 1. The highest BCUT2D eigenvalue weighted by Gasteiger charge is 2.23. The Kier molecular flexibility index (Phi) is 4.84. The second kappa shape index (κ2) is 7.45. The van der Waals surface area contributed by atoms with Crippen LogP contribution in [0.1, 0.15) is 16.8 Å². The van der Waals surface area contributed by atoms with E-state index in [0.717, 1.165) is 0 Å². The Hall–Kier alpha value is -3.17. The lowest BCUT2D eigenvalue weighted by molar-refractivity contribution is -0.384. The Morgan fingerprint density at radius 2 is 2.07 bits per heavy atom. The van der Waals surface area contributed by atoms with Gasteiger partial charge in [-0.25, -0.2) is 15.0 Å². The standard InChI is InChI=1S/C18H15ClN6O3/c19-15-2-1-13(25(27)28)5-11(15)8-24-4-3-14-16(9-24)22-17(23-18(14)26)12-6-20-10-21-7-12/h1-2,5-7,10H,3-4,8-9H2,(H,22,23,26). The van der Waals surface area contributed by atoms with Crippen molar-refractivity contribution in [1.82, 2.24) is 24.8 Å². The van der Waals surface area contributed by atoms with E-state index in [1.807, 2.05) is 0 Å². The van der Waals surface area contributed by atoms with Crippen LogP contribution in [0.3, 0.4) is 0 Å². The van der Waals surface area contributed by atoms with Gasteiger partial charge in [0.15, 0.2) is 0 Å². The number of non-ortho nitro benzene ring substituents is 1. The first kappa shape index (κ1) is 18.2. The summed E-state index contributed by atoms with van der Waals surface area (Å²) in [6, 6.07) is 4.39. The van der Waals surface area contributed by atoms with Crippen LogP contribution in [0.25, 0.3) is 11.4 Å². The molecule has 2 aromatic heterocycles. The number of halogens is 1. The molecule has 0 atom stereocenters. The summed E-state index contributed by atoms with van der Waals surface area (Å²) >= 11 is 6.22. The summed E-state index contributed by atoms with van der Waals surface area (Å²) < 4.78 is 0. The van der Waals surface area contributed by atoms with Crippen LogP contribution >= 0.6 is 11.6 Å². The third-order valence-electron chi connectivity index (χ3n) is 4.62. The molecule has 9 nitrogen and oxygen atoms in total. The number of rotatable bonds is 4. The van der Waals surface area contributed by atoms with Crippen molar-refractivity contribution in [2.24, 2.45) is 0 Å². The van der Waals surface area contributed by atoms with Crippen molar-refractivity contribution in [3.05, 3.63) is 79.2 Å². The van der Waals surface area contributed by atoms with Gasteiger partial charge in [0.1, 0.15) is 12.2 Å². The zero-order chi connectivity index (χ0) is 19.7. The first-order valence-electron chi connectivity index (χ1n) is 8.54. The van der Waals surface area contributed by atoms with E-state index in [2.05, 4.69) is 24.8 Å². The van der Waals surface area contributed by atoms with E-state index < -0.39 is 4.92 Å². The second-order valence-corrected chi connectivity index (χ2v) is 6.87. The number of fused-ring (bicyclic) bond motifs is 1. The molecule has 0 aliphatic carbocycles. The van der Waals surface area contributed by atoms with Gasteiger partial charge in [0, 0.05) is 54.7 Å². The molecule has 142 valence electrons. The molecule has 1 N–H and O–H groups in total. The highest BCUT2D eigenvalue weighted by Crippen LogP contribution is 2.25. The fourth-order valence-electron chi connectivity index (χ4n) is 3.22. The van der Waals surface area contributed by atoms with Crippen LogP contribution in [0.15, 0.2) is 41.7 Å². The predicted octanol–water partition coefficient (Wildman–Crippen LogP) is 2.35. The molecule has 4 rings (SSSR count). The zero-order valence-electron chi connectivity index (χ0n) is 14.6. The molecule has 0 saturated heterocycles. The number of benzene rings is 1. The summed E-state index contributed by atoms with van der Waals surface area (Å²) in [6.07, 6.45) is 5.11. The van der Waals surface area contributed by atoms with Gasteiger partial charge in [-0.3, -0.25) is 19.8 Å². The number of nitrogens with zero attached hydrogens (tertiary/aromatic N) is 5. The molecule has 0 radical (unpaired) electrons. The van der Waals surface area contributed by atoms with Gasteiger partial charge in [-0.15, -0.1) is 0 Å². The molecule has 0 unspecified atom stereocenters. The lowest BCUT2D eigenvalue weighted by Gasteiger charge is -2.28. The van der Waals surface area contributed by atoms with Crippen LogP contribution in [-0.4, -0.2) is 36.3 Å². The number of hydrogen-bond donors (Lipinski definition) is 1. The van der Waals surface area contributed by atoms with Crippen molar-refractivity contribution in [2.45, 2.75) is 19.5 Å². The van der Waals surface area contributed by atoms with Gasteiger partial charge in [0.25, 0.3) is 11.2 Å². The van der Waals surface area contributed by atoms with Crippen molar-refractivity contribution in [3.63, 3.8) is 0 Å². The molecule has 0 amide bonds. The molecule has 1 aromatic carbocycles. The van der Waals surface area contributed by atoms with Gasteiger partial charge < -0.3 is 4.98 Å². The van der Waals surface area contributed by atoms with Gasteiger partial charge in [-0.2, -0.15) is 0 Å². The molecule has 0 bridgehead atoms. The molecule has 3 aromatic rings. The van der Waals surface area contributed by atoms with Crippen molar-refractivity contribution in [3.8, 4) is 11.4 Å². The fraction of sp³-hybridized carbons (Fsp3) is 0.222. The third kappa shape index (κ3) is 3.62. The smallest absolute Gasteiger partial charge is 0.269 e. The van der Waals surface area contributed by atoms with E-state index in [1.54, 1.807) is 12.4 Å². The zero-order valence-corrected chi connectivity index (χ0v) is 15.4. The average Bonchev–Trinajstić information content (AvgIpc) is 2.70. The van der Waals surface area contributed by atoms with Gasteiger partial charge in [-0.05, 0) is 18.1 Å². The first-order chi connectivity index (χ1) is 13.5. The van der Waals surface area contributed by atoms with Gasteiger partial charge >= 0.3 is 0 Å². The van der Waals surface area contributed by atoms with Crippen LogP contribution in [0.4, 0.5) is 5.69 Å². The van der Waals surface area contributed by atoms with Gasteiger partial charge in [-0.1, -0.05) is 11.6 Å². The van der Waals surface area contributed by atoms with E-state index in [-0.39, 0.29) is 11.2 Å². The maximum atomic E-state index is 12.4. The van der Waals surface area contributed by atoms with Crippen LogP contribution in [0.5, 0.6) is 0 Å². The minimum Gasteiger partial charge on any atom is -0.306 e. The van der Waals surface area contributed by atoms with Crippen molar-refractivity contribution >= 4 is 17.3 Å². The molecule has 1 aliphatic rings. The quantitative estimate of drug-likeness (QED) is 0.529. The van der Waals surface area contributed by atoms with Crippen LogP contribution < -0.4 is 5.56 Å². The number of nitrogens with one attached hydrogen (secondary N) is 1. The molecule has 1 aliphatic heterocycles. The first-order valence-corrected chi connectivity index (χ1v) is 8.91. The normalized spacial score (nSPS) is 13.9. The topological polar surface area (TPSA) is 118 Å².